The number of fused-ring (bicyclic) bond motifs is 1. The van der Waals surface area contributed by atoms with Gasteiger partial charge < -0.3 is 0 Å². The van der Waals surface area contributed by atoms with E-state index in [1.165, 1.54) is 4.90 Å². The minimum atomic E-state index is -0.284. The van der Waals surface area contributed by atoms with Gasteiger partial charge in [-0.15, -0.1) is 0 Å². The van der Waals surface area contributed by atoms with Crippen molar-refractivity contribution in [3.8, 4) is 0 Å². The van der Waals surface area contributed by atoms with Crippen molar-refractivity contribution in [3.63, 3.8) is 0 Å². The normalized spacial score (nSPS) is 14.6. The van der Waals surface area contributed by atoms with E-state index < -0.39 is 0 Å². The molecule has 0 radical (unpaired) electrons. The molecule has 2 amide bonds. The molecule has 1 heterocycles. The van der Waals surface area contributed by atoms with Gasteiger partial charge in [0.25, 0.3) is 0 Å². The van der Waals surface area contributed by atoms with E-state index in [0.29, 0.717) is 24.0 Å². The molecule has 3 rings (SSSR count). The van der Waals surface area contributed by atoms with Gasteiger partial charge in [-0.05, 0) is 0 Å². The third-order valence-electron chi connectivity index (χ3n) is 4.01. The Bertz CT molecular complexity index is 753. The van der Waals surface area contributed by atoms with Gasteiger partial charge in [0.05, 0.1) is 0 Å². The Morgan fingerprint density at radius 1 is 0.958 bits per heavy atom. The fourth-order valence-electron chi connectivity index (χ4n) is 2.74. The summed E-state index contributed by atoms with van der Waals surface area (Å²) in [5, 5.41) is 0. The number of carbonyl (C=O) groups excluding carboxylic acids is 3. The van der Waals surface area contributed by atoms with Crippen molar-refractivity contribution in [1.29, 1.82) is 0 Å². The van der Waals surface area contributed by atoms with Gasteiger partial charge in [0.1, 0.15) is 0 Å². The second kappa shape index (κ2) is 7.12. The summed E-state index contributed by atoms with van der Waals surface area (Å²) in [6.07, 6.45) is 0.877. The Labute approximate surface area is 147 Å². The predicted molar refractivity (Wildman–Crippen MR) is 92.5 cm³/mol. The van der Waals surface area contributed by atoms with Crippen LogP contribution in [-0.2, 0) is 4.79 Å². The van der Waals surface area contributed by atoms with Crippen LogP contribution in [0, 0.1) is 0 Å². The van der Waals surface area contributed by atoms with Gasteiger partial charge in [0.2, 0.25) is 0 Å². The molecule has 0 spiro atoms. The van der Waals surface area contributed by atoms with Crippen molar-refractivity contribution in [2.24, 2.45) is 0 Å². The molecule has 0 saturated heterocycles. The summed E-state index contributed by atoms with van der Waals surface area (Å²) in [6.45, 7) is 1.82. The standard InChI is InChI=1S/C19H17NO3Se/c1-13(11-12-17(21)24-14-7-3-2-4-8-14)20-18(22)15-9-5-6-10-16(15)19(20)23/h2-10,13H,11-12H2,1H3. The number of amides is 2. The van der Waals surface area contributed by atoms with Gasteiger partial charge in [-0.1, -0.05) is 0 Å². The second-order valence-corrected chi connectivity index (χ2v) is 8.07. The first-order chi connectivity index (χ1) is 11.6. The monoisotopic (exact) mass is 387 g/mol. The van der Waals surface area contributed by atoms with Crippen LogP contribution in [0.25, 0.3) is 0 Å². The Morgan fingerprint density at radius 3 is 2.08 bits per heavy atom. The van der Waals surface area contributed by atoms with Crippen LogP contribution in [0.1, 0.15) is 40.5 Å². The summed E-state index contributed by atoms with van der Waals surface area (Å²) in [5.41, 5.74) is 0.906. The van der Waals surface area contributed by atoms with Gasteiger partial charge in [-0.3, -0.25) is 0 Å². The molecule has 4 nitrogen and oxygen atoms in total. The van der Waals surface area contributed by atoms with Crippen LogP contribution in [-0.4, -0.2) is 42.4 Å². The molecule has 2 aromatic rings. The summed E-state index contributed by atoms with van der Waals surface area (Å²) >= 11 is -0.219. The zero-order valence-corrected chi connectivity index (χ0v) is 15.0. The Morgan fingerprint density at radius 2 is 1.50 bits per heavy atom. The molecule has 2 aromatic carbocycles. The molecule has 0 bridgehead atoms. The van der Waals surface area contributed by atoms with Crippen molar-refractivity contribution in [3.05, 3.63) is 65.7 Å². The number of benzene rings is 2. The number of hydrogen-bond donors (Lipinski definition) is 0. The quantitative estimate of drug-likeness (QED) is 0.564. The first-order valence-corrected chi connectivity index (χ1v) is 9.52. The third-order valence-corrected chi connectivity index (χ3v) is 5.98. The summed E-state index contributed by atoms with van der Waals surface area (Å²) in [6, 6.07) is 16.2. The van der Waals surface area contributed by atoms with Crippen molar-refractivity contribution in [2.75, 3.05) is 0 Å². The first kappa shape index (κ1) is 16.6. The number of rotatable bonds is 6. The van der Waals surface area contributed by atoms with Crippen LogP contribution in [0.15, 0.2) is 54.6 Å². The molecule has 1 atom stereocenters. The molecule has 122 valence electrons. The zero-order valence-electron chi connectivity index (χ0n) is 13.3. The maximum atomic E-state index is 12.4. The fraction of sp³-hybridized carbons (Fsp3) is 0.211. The maximum absolute atomic E-state index is 12.4. The second-order valence-electron chi connectivity index (χ2n) is 5.70. The van der Waals surface area contributed by atoms with Gasteiger partial charge in [0.15, 0.2) is 0 Å². The van der Waals surface area contributed by atoms with Crippen molar-refractivity contribution in [2.45, 2.75) is 25.8 Å². The van der Waals surface area contributed by atoms with E-state index in [-0.39, 0.29) is 37.5 Å². The van der Waals surface area contributed by atoms with Crippen molar-refractivity contribution in [1.82, 2.24) is 4.90 Å². The number of nitrogens with zero attached hydrogens (tertiary/aromatic N) is 1. The summed E-state index contributed by atoms with van der Waals surface area (Å²) in [4.78, 5) is 38.3. The van der Waals surface area contributed by atoms with Crippen LogP contribution in [0.4, 0.5) is 0 Å². The molecule has 0 saturated carbocycles. The molecular formula is C19H17NO3Se. The molecule has 0 aromatic heterocycles. The Hall–Kier alpha value is -2.23. The van der Waals surface area contributed by atoms with Gasteiger partial charge in [-0.2, -0.15) is 0 Å². The molecule has 1 aliphatic rings. The minimum absolute atomic E-state index is 0.178. The van der Waals surface area contributed by atoms with Crippen LogP contribution >= 0.6 is 0 Å². The average molecular weight is 386 g/mol. The number of imide groups is 1. The molecule has 1 aliphatic heterocycles. The average Bonchev–Trinajstić information content (AvgIpc) is 2.85. The fourth-order valence-corrected chi connectivity index (χ4v) is 4.36. The summed E-state index contributed by atoms with van der Waals surface area (Å²) < 4.78 is 1.22. The summed E-state index contributed by atoms with van der Waals surface area (Å²) in [5.74, 6) is -0.520. The van der Waals surface area contributed by atoms with E-state index >= 15 is 0 Å². The van der Waals surface area contributed by atoms with Crippen molar-refractivity contribution < 1.29 is 14.4 Å². The van der Waals surface area contributed by atoms with E-state index in [9.17, 15) is 14.4 Å². The third kappa shape index (κ3) is 3.32. The molecule has 0 aliphatic carbocycles. The van der Waals surface area contributed by atoms with E-state index in [2.05, 4.69) is 0 Å². The molecular weight excluding hydrogens is 369 g/mol. The van der Waals surface area contributed by atoms with E-state index in [1.807, 2.05) is 37.3 Å². The molecule has 5 heteroatoms. The Kier molecular flexibility index (Phi) is 4.93. The van der Waals surface area contributed by atoms with E-state index in [0.717, 1.165) is 4.46 Å². The number of hydrogen-bond acceptors (Lipinski definition) is 3. The molecule has 0 fully saturated rings. The topological polar surface area (TPSA) is 54.5 Å². The van der Waals surface area contributed by atoms with E-state index in [1.54, 1.807) is 24.3 Å². The molecule has 0 N–H and O–H groups in total. The van der Waals surface area contributed by atoms with Gasteiger partial charge in [0, 0.05) is 0 Å². The van der Waals surface area contributed by atoms with Gasteiger partial charge >= 0.3 is 147 Å². The van der Waals surface area contributed by atoms with Crippen LogP contribution < -0.4 is 4.46 Å². The zero-order chi connectivity index (χ0) is 17.1. The SMILES string of the molecule is CC(CCC(=O)[Se]c1ccccc1)N1C(=O)c2ccccc2C1=O. The molecule has 24 heavy (non-hydrogen) atoms. The van der Waals surface area contributed by atoms with Crippen LogP contribution in [0.2, 0.25) is 0 Å². The van der Waals surface area contributed by atoms with Gasteiger partial charge in [-0.25, -0.2) is 0 Å². The predicted octanol–water partition coefficient (Wildman–Crippen LogP) is 2.01. The summed E-state index contributed by atoms with van der Waals surface area (Å²) in [7, 11) is 0. The number of carbonyl (C=O) groups is 3. The van der Waals surface area contributed by atoms with Crippen LogP contribution in [0.5, 0.6) is 0 Å². The van der Waals surface area contributed by atoms with E-state index in [4.69, 9.17) is 0 Å². The first-order valence-electron chi connectivity index (χ1n) is 7.80. The van der Waals surface area contributed by atoms with Crippen molar-refractivity contribution >= 4 is 35.9 Å². The Balaban J connectivity index is 1.60. The molecule has 1 unspecified atom stereocenters. The van der Waals surface area contributed by atoms with Crippen LogP contribution in [0.3, 0.4) is 0 Å².